The van der Waals surface area contributed by atoms with E-state index in [1.165, 1.54) is 6.33 Å². The summed E-state index contributed by atoms with van der Waals surface area (Å²) in [6, 6.07) is 0.265. The smallest absolute Gasteiger partial charge is 0.167 e. The summed E-state index contributed by atoms with van der Waals surface area (Å²) >= 11 is 5.83. The Morgan fingerprint density at radius 1 is 1.21 bits per heavy atom. The van der Waals surface area contributed by atoms with Crippen LogP contribution in [0, 0.1) is 10.8 Å². The van der Waals surface area contributed by atoms with Gasteiger partial charge in [0.1, 0.15) is 24.6 Å². The second-order valence-corrected chi connectivity index (χ2v) is 9.79. The summed E-state index contributed by atoms with van der Waals surface area (Å²) < 4.78 is 7.36. The number of ether oxygens (including phenoxy) is 1. The maximum Gasteiger partial charge on any atom is 0.167 e. The van der Waals surface area contributed by atoms with Crippen molar-refractivity contribution in [3.05, 3.63) is 12.7 Å². The van der Waals surface area contributed by atoms with Crippen LogP contribution < -0.4 is 5.32 Å². The first-order valence-electron chi connectivity index (χ1n) is 9.64. The number of anilines is 1. The van der Waals surface area contributed by atoms with E-state index < -0.39 is 24.5 Å². The van der Waals surface area contributed by atoms with E-state index in [-0.39, 0.29) is 22.8 Å². The van der Waals surface area contributed by atoms with E-state index >= 15 is 0 Å². The van der Waals surface area contributed by atoms with E-state index in [0.717, 1.165) is 12.8 Å². The van der Waals surface area contributed by atoms with E-state index in [0.29, 0.717) is 17.0 Å². The topological polar surface area (TPSA) is 105 Å². The molecule has 8 nitrogen and oxygen atoms in total. The van der Waals surface area contributed by atoms with Gasteiger partial charge in [0.15, 0.2) is 23.2 Å². The van der Waals surface area contributed by atoms with Gasteiger partial charge in [0, 0.05) is 6.04 Å². The monoisotopic (exact) mass is 409 g/mol. The number of fused-ring (bicyclic) bond motifs is 1. The molecule has 5 atom stereocenters. The molecule has 3 N–H and O–H groups in total. The number of aromatic nitrogens is 4. The zero-order valence-corrected chi connectivity index (χ0v) is 17.4. The molecule has 3 heterocycles. The van der Waals surface area contributed by atoms with E-state index in [2.05, 4.69) is 48.0 Å². The lowest BCUT2D eigenvalue weighted by Crippen LogP contribution is -2.32. The van der Waals surface area contributed by atoms with Gasteiger partial charge in [-0.05, 0) is 23.7 Å². The van der Waals surface area contributed by atoms with Gasteiger partial charge >= 0.3 is 0 Å². The van der Waals surface area contributed by atoms with Crippen LogP contribution in [0.25, 0.3) is 11.2 Å². The van der Waals surface area contributed by atoms with Crippen molar-refractivity contribution in [2.45, 2.75) is 71.1 Å². The fourth-order valence-corrected chi connectivity index (χ4v) is 5.15. The molecule has 0 bridgehead atoms. The predicted molar refractivity (Wildman–Crippen MR) is 106 cm³/mol. The molecule has 2 aliphatic rings. The lowest BCUT2D eigenvalue weighted by Gasteiger charge is -2.28. The van der Waals surface area contributed by atoms with Gasteiger partial charge in [-0.1, -0.05) is 27.7 Å². The van der Waals surface area contributed by atoms with Gasteiger partial charge in [-0.2, -0.15) is 0 Å². The third-order valence-electron chi connectivity index (χ3n) is 6.07. The molecule has 0 spiro atoms. The Bertz CT molecular complexity index is 870. The van der Waals surface area contributed by atoms with Gasteiger partial charge in [-0.15, -0.1) is 11.6 Å². The first-order valence-corrected chi connectivity index (χ1v) is 10.2. The first-order chi connectivity index (χ1) is 13.1. The van der Waals surface area contributed by atoms with Crippen LogP contribution in [0.4, 0.5) is 5.82 Å². The number of hydrogen-bond donors (Lipinski definition) is 3. The van der Waals surface area contributed by atoms with Gasteiger partial charge < -0.3 is 20.3 Å². The number of hydrogen-bond acceptors (Lipinski definition) is 7. The number of imidazole rings is 1. The van der Waals surface area contributed by atoms with Gasteiger partial charge in [-0.3, -0.25) is 4.57 Å². The molecule has 1 saturated heterocycles. The third kappa shape index (κ3) is 3.26. The van der Waals surface area contributed by atoms with Crippen LogP contribution in [-0.4, -0.2) is 60.0 Å². The highest BCUT2D eigenvalue weighted by Gasteiger charge is 2.46. The van der Waals surface area contributed by atoms with E-state index in [1.807, 2.05) is 0 Å². The number of nitrogens with one attached hydrogen (secondary N) is 1. The molecule has 2 fully saturated rings. The first kappa shape index (κ1) is 19.8. The number of alkyl halides is 1. The minimum absolute atomic E-state index is 0.0930. The largest absolute Gasteiger partial charge is 0.387 e. The normalized spacial score (nSPS) is 34.2. The predicted octanol–water partition coefficient (Wildman–Crippen LogP) is 2.31. The molecule has 4 rings (SSSR count). The van der Waals surface area contributed by atoms with Crippen molar-refractivity contribution in [1.29, 1.82) is 0 Å². The minimum atomic E-state index is -1.11. The van der Waals surface area contributed by atoms with Crippen LogP contribution in [0.2, 0.25) is 0 Å². The Kier molecular flexibility index (Phi) is 4.81. The molecule has 28 heavy (non-hydrogen) atoms. The van der Waals surface area contributed by atoms with E-state index in [9.17, 15) is 10.2 Å². The zero-order valence-electron chi connectivity index (χ0n) is 16.6. The standard InChI is InChI=1S/C19H28ClN5O3/c1-18(2)5-11(19(3,4)7-18)24-15-12-16(22-8-21-15)25(9-23-12)17-14(27)13(26)10(6-20)28-17/h8-11,13-14,17,26-27H,5-7H2,1-4H3,(H,21,22,24)/t10-,11?,13?,14?,17-/m1/s1. The summed E-state index contributed by atoms with van der Waals surface area (Å²) in [6.07, 6.45) is 1.61. The lowest BCUT2D eigenvalue weighted by molar-refractivity contribution is -0.0291. The summed E-state index contributed by atoms with van der Waals surface area (Å²) in [7, 11) is 0. The van der Waals surface area contributed by atoms with Crippen molar-refractivity contribution >= 4 is 28.6 Å². The molecule has 1 aliphatic carbocycles. The fourth-order valence-electron chi connectivity index (χ4n) is 4.90. The Morgan fingerprint density at radius 3 is 2.57 bits per heavy atom. The summed E-state index contributed by atoms with van der Waals surface area (Å²) in [6.45, 7) is 9.12. The van der Waals surface area contributed by atoms with Crippen molar-refractivity contribution in [1.82, 2.24) is 19.5 Å². The number of aliphatic hydroxyl groups is 2. The van der Waals surface area contributed by atoms with Crippen molar-refractivity contribution in [3.8, 4) is 0 Å². The van der Waals surface area contributed by atoms with Crippen LogP contribution in [0.5, 0.6) is 0 Å². The van der Waals surface area contributed by atoms with E-state index in [1.54, 1.807) is 10.9 Å². The van der Waals surface area contributed by atoms with Gasteiger partial charge in [-0.25, -0.2) is 15.0 Å². The number of rotatable bonds is 4. The molecule has 3 unspecified atom stereocenters. The summed E-state index contributed by atoms with van der Waals surface area (Å²) in [4.78, 5) is 13.2. The Morgan fingerprint density at radius 2 is 1.96 bits per heavy atom. The highest BCUT2D eigenvalue weighted by molar-refractivity contribution is 6.18. The SMILES string of the molecule is CC1(C)CC(Nc2ncnc3c2ncn3[C@@H]2O[C@H](CCl)C(O)C2O)C(C)(C)C1. The molecular weight excluding hydrogens is 382 g/mol. The van der Waals surface area contributed by atoms with Gasteiger partial charge in [0.05, 0.1) is 12.2 Å². The molecule has 154 valence electrons. The van der Waals surface area contributed by atoms with Gasteiger partial charge in [0.25, 0.3) is 0 Å². The Hall–Kier alpha value is -1.48. The van der Waals surface area contributed by atoms with Crippen LogP contribution in [0.1, 0.15) is 46.8 Å². The Labute approximate surface area is 169 Å². The van der Waals surface area contributed by atoms with Crippen LogP contribution in [-0.2, 0) is 4.74 Å². The van der Waals surface area contributed by atoms with Crippen molar-refractivity contribution in [2.75, 3.05) is 11.2 Å². The highest BCUT2D eigenvalue weighted by atomic mass is 35.5. The molecule has 9 heteroatoms. The molecular formula is C19H28ClN5O3. The molecule has 2 aromatic heterocycles. The van der Waals surface area contributed by atoms with Gasteiger partial charge in [0.2, 0.25) is 0 Å². The quantitative estimate of drug-likeness (QED) is 0.665. The van der Waals surface area contributed by atoms with Crippen molar-refractivity contribution in [2.24, 2.45) is 10.8 Å². The average molecular weight is 410 g/mol. The molecule has 0 amide bonds. The van der Waals surface area contributed by atoms with Crippen LogP contribution in [0.15, 0.2) is 12.7 Å². The maximum atomic E-state index is 10.4. The molecule has 1 saturated carbocycles. The van der Waals surface area contributed by atoms with Crippen LogP contribution >= 0.6 is 11.6 Å². The summed E-state index contributed by atoms with van der Waals surface area (Å²) in [5.74, 6) is 0.761. The molecule has 0 radical (unpaired) electrons. The summed E-state index contributed by atoms with van der Waals surface area (Å²) in [5.41, 5.74) is 1.55. The average Bonchev–Trinajstić information content (AvgIpc) is 3.22. The second-order valence-electron chi connectivity index (χ2n) is 9.48. The van der Waals surface area contributed by atoms with Crippen molar-refractivity contribution < 1.29 is 14.9 Å². The minimum Gasteiger partial charge on any atom is -0.387 e. The second kappa shape index (κ2) is 6.79. The maximum absolute atomic E-state index is 10.4. The summed E-state index contributed by atoms with van der Waals surface area (Å²) in [5, 5.41) is 24.1. The fraction of sp³-hybridized carbons (Fsp3) is 0.737. The van der Waals surface area contributed by atoms with Crippen LogP contribution in [0.3, 0.4) is 0 Å². The number of halogens is 1. The number of nitrogens with zero attached hydrogens (tertiary/aromatic N) is 4. The molecule has 2 aromatic rings. The lowest BCUT2D eigenvalue weighted by atomic mass is 9.84. The Balaban J connectivity index is 1.65. The highest BCUT2D eigenvalue weighted by Crippen LogP contribution is 2.49. The zero-order chi connectivity index (χ0) is 20.3. The van der Waals surface area contributed by atoms with E-state index in [4.69, 9.17) is 16.3 Å². The molecule has 0 aromatic carbocycles. The van der Waals surface area contributed by atoms with Crippen molar-refractivity contribution in [3.63, 3.8) is 0 Å². The third-order valence-corrected chi connectivity index (χ3v) is 6.37. The number of aliphatic hydroxyl groups excluding tert-OH is 2. The molecule has 1 aliphatic heterocycles.